The molecule has 110 valence electrons. The lowest BCUT2D eigenvalue weighted by molar-refractivity contribution is 0.0526. The molecule has 1 aliphatic heterocycles. The molecule has 0 saturated carbocycles. The Morgan fingerprint density at radius 1 is 1.48 bits per heavy atom. The monoisotopic (exact) mass is 308 g/mol. The molecule has 0 N–H and O–H groups in total. The van der Waals surface area contributed by atoms with Crippen LogP contribution in [0.25, 0.3) is 10.9 Å². The van der Waals surface area contributed by atoms with E-state index in [1.807, 2.05) is 11.0 Å². The summed E-state index contributed by atoms with van der Waals surface area (Å²) in [6.45, 7) is 2.77. The van der Waals surface area contributed by atoms with Crippen molar-refractivity contribution < 1.29 is 13.9 Å². The summed E-state index contributed by atoms with van der Waals surface area (Å²) in [5.74, 6) is -0.407. The van der Waals surface area contributed by atoms with E-state index in [0.717, 1.165) is 11.1 Å². The summed E-state index contributed by atoms with van der Waals surface area (Å²) < 4.78 is 17.9. The lowest BCUT2D eigenvalue weighted by Gasteiger charge is -2.37. The summed E-state index contributed by atoms with van der Waals surface area (Å²) in [6.07, 6.45) is 0.683. The summed E-state index contributed by atoms with van der Waals surface area (Å²) in [5.41, 5.74) is 1.88. The van der Waals surface area contributed by atoms with E-state index in [1.165, 1.54) is 6.20 Å². The third-order valence-electron chi connectivity index (χ3n) is 3.44. The number of pyridine rings is 1. The number of halogens is 2. The van der Waals surface area contributed by atoms with Crippen LogP contribution < -0.4 is 4.90 Å². The van der Waals surface area contributed by atoms with Gasteiger partial charge in [0.1, 0.15) is 6.17 Å². The molecular weight excluding hydrogens is 295 g/mol. The maximum atomic E-state index is 13.0. The van der Waals surface area contributed by atoms with Crippen molar-refractivity contribution in [2.24, 2.45) is 0 Å². The number of aromatic nitrogens is 1. The molecule has 0 unspecified atom stereocenters. The molecule has 1 aliphatic rings. The normalized spacial score (nSPS) is 15.1. The number of hydrogen-bond donors (Lipinski definition) is 0. The van der Waals surface area contributed by atoms with Crippen molar-refractivity contribution in [1.29, 1.82) is 0 Å². The van der Waals surface area contributed by atoms with Crippen molar-refractivity contribution in [2.45, 2.75) is 13.1 Å². The van der Waals surface area contributed by atoms with Crippen molar-refractivity contribution in [3.05, 3.63) is 35.0 Å². The Balaban J connectivity index is 1.96. The molecule has 4 nitrogen and oxygen atoms in total. The van der Waals surface area contributed by atoms with Gasteiger partial charge in [-0.25, -0.2) is 9.18 Å². The molecule has 1 aromatic heterocycles. The molecule has 0 radical (unpaired) electrons. The molecule has 1 aromatic carbocycles. The Kier molecular flexibility index (Phi) is 3.68. The predicted molar refractivity (Wildman–Crippen MR) is 79.8 cm³/mol. The van der Waals surface area contributed by atoms with Gasteiger partial charge in [0.05, 0.1) is 41.5 Å². The van der Waals surface area contributed by atoms with E-state index in [2.05, 4.69) is 4.98 Å². The fourth-order valence-corrected chi connectivity index (χ4v) is 2.62. The van der Waals surface area contributed by atoms with Gasteiger partial charge in [0.15, 0.2) is 0 Å². The second-order valence-electron chi connectivity index (χ2n) is 4.94. The minimum absolute atomic E-state index is 0.315. The van der Waals surface area contributed by atoms with E-state index >= 15 is 0 Å². The first kappa shape index (κ1) is 14.1. The van der Waals surface area contributed by atoms with E-state index in [9.17, 15) is 9.18 Å². The largest absolute Gasteiger partial charge is 0.462 e. The van der Waals surface area contributed by atoms with Gasteiger partial charge in [0.25, 0.3) is 0 Å². The van der Waals surface area contributed by atoms with Crippen LogP contribution in [0.3, 0.4) is 0 Å². The first-order valence-electron chi connectivity index (χ1n) is 6.74. The molecule has 0 spiro atoms. The molecule has 1 fully saturated rings. The van der Waals surface area contributed by atoms with Gasteiger partial charge < -0.3 is 9.64 Å². The minimum Gasteiger partial charge on any atom is -0.462 e. The predicted octanol–water partition coefficient (Wildman–Crippen LogP) is 3.22. The first-order valence-corrected chi connectivity index (χ1v) is 7.11. The van der Waals surface area contributed by atoms with Gasteiger partial charge in [-0.1, -0.05) is 11.6 Å². The summed E-state index contributed by atoms with van der Waals surface area (Å²) in [5, 5.41) is 1.28. The minimum atomic E-state index is -0.795. The maximum Gasteiger partial charge on any atom is 0.339 e. The number of carbonyl (C=O) groups excluding carboxylic acids is 1. The van der Waals surface area contributed by atoms with Crippen LogP contribution in [0.15, 0.2) is 24.4 Å². The van der Waals surface area contributed by atoms with Crippen LogP contribution in [0.4, 0.5) is 10.1 Å². The van der Waals surface area contributed by atoms with E-state index in [-0.39, 0.29) is 0 Å². The highest BCUT2D eigenvalue weighted by atomic mass is 35.5. The number of rotatable bonds is 3. The van der Waals surface area contributed by atoms with Crippen molar-refractivity contribution in [1.82, 2.24) is 4.98 Å². The number of ether oxygens (including phenoxy) is 1. The van der Waals surface area contributed by atoms with Crippen LogP contribution >= 0.6 is 11.6 Å². The lowest BCUT2D eigenvalue weighted by atomic mass is 10.1. The third-order valence-corrected chi connectivity index (χ3v) is 3.74. The lowest BCUT2D eigenvalue weighted by Crippen LogP contribution is -2.48. The summed E-state index contributed by atoms with van der Waals surface area (Å²) in [4.78, 5) is 17.8. The molecule has 21 heavy (non-hydrogen) atoms. The van der Waals surface area contributed by atoms with Gasteiger partial charge in [0, 0.05) is 11.6 Å². The third kappa shape index (κ3) is 2.65. The highest BCUT2D eigenvalue weighted by Gasteiger charge is 2.28. The fraction of sp³-hybridized carbons (Fsp3) is 0.333. The summed E-state index contributed by atoms with van der Waals surface area (Å²) in [7, 11) is 0. The standard InChI is InChI=1S/C15H14ClFN2O2/c1-2-21-15(20)10-3-9-4-12(16)14(5-13(9)18-6-10)19-7-11(17)8-19/h3-6,11H,2,7-8H2,1H3. The van der Waals surface area contributed by atoms with Crippen LogP contribution in [0.1, 0.15) is 17.3 Å². The highest BCUT2D eigenvalue weighted by Crippen LogP contribution is 2.33. The van der Waals surface area contributed by atoms with Gasteiger partial charge >= 0.3 is 5.97 Å². The molecule has 2 heterocycles. The van der Waals surface area contributed by atoms with Crippen LogP contribution in [0, 0.1) is 0 Å². The van der Waals surface area contributed by atoms with E-state index < -0.39 is 12.1 Å². The van der Waals surface area contributed by atoms with Crippen LogP contribution in [-0.4, -0.2) is 36.8 Å². The summed E-state index contributed by atoms with van der Waals surface area (Å²) >= 11 is 6.24. The second kappa shape index (κ2) is 5.48. The van der Waals surface area contributed by atoms with Gasteiger partial charge in [-0.05, 0) is 25.1 Å². The fourth-order valence-electron chi connectivity index (χ4n) is 2.33. The van der Waals surface area contributed by atoms with Crippen LogP contribution in [0.5, 0.6) is 0 Å². The number of alkyl halides is 1. The van der Waals surface area contributed by atoms with Crippen LogP contribution in [0.2, 0.25) is 5.02 Å². The van der Waals surface area contributed by atoms with Gasteiger partial charge in [-0.2, -0.15) is 0 Å². The Labute approximate surface area is 126 Å². The zero-order chi connectivity index (χ0) is 15.0. The smallest absolute Gasteiger partial charge is 0.339 e. The molecule has 0 bridgehead atoms. The van der Waals surface area contributed by atoms with E-state index in [4.69, 9.17) is 16.3 Å². The van der Waals surface area contributed by atoms with Crippen molar-refractivity contribution >= 4 is 34.2 Å². The van der Waals surface area contributed by atoms with Gasteiger partial charge in [-0.15, -0.1) is 0 Å². The molecular formula is C15H14ClFN2O2. The van der Waals surface area contributed by atoms with Crippen molar-refractivity contribution in [2.75, 3.05) is 24.6 Å². The Bertz CT molecular complexity index is 701. The van der Waals surface area contributed by atoms with Crippen molar-refractivity contribution in [3.63, 3.8) is 0 Å². The zero-order valence-electron chi connectivity index (χ0n) is 11.5. The number of carbonyl (C=O) groups is 1. The highest BCUT2D eigenvalue weighted by molar-refractivity contribution is 6.34. The number of benzene rings is 1. The molecule has 6 heteroatoms. The van der Waals surface area contributed by atoms with E-state index in [1.54, 1.807) is 19.1 Å². The summed E-state index contributed by atoms with van der Waals surface area (Å²) in [6, 6.07) is 5.26. The second-order valence-corrected chi connectivity index (χ2v) is 5.35. The number of anilines is 1. The molecule has 1 saturated heterocycles. The molecule has 3 rings (SSSR count). The molecule has 0 amide bonds. The van der Waals surface area contributed by atoms with Crippen molar-refractivity contribution in [3.8, 4) is 0 Å². The Hall–Kier alpha value is -1.88. The SMILES string of the molecule is CCOC(=O)c1cnc2cc(N3CC(F)C3)c(Cl)cc2c1. The number of nitrogens with zero attached hydrogens (tertiary/aromatic N) is 2. The topological polar surface area (TPSA) is 42.4 Å². The average molecular weight is 309 g/mol. The quantitative estimate of drug-likeness (QED) is 0.817. The Morgan fingerprint density at radius 2 is 2.24 bits per heavy atom. The molecule has 0 aliphatic carbocycles. The first-order chi connectivity index (χ1) is 10.1. The maximum absolute atomic E-state index is 13.0. The van der Waals surface area contributed by atoms with Crippen LogP contribution in [-0.2, 0) is 4.74 Å². The number of hydrogen-bond acceptors (Lipinski definition) is 4. The zero-order valence-corrected chi connectivity index (χ0v) is 12.2. The Morgan fingerprint density at radius 3 is 2.90 bits per heavy atom. The molecule has 2 aromatic rings. The van der Waals surface area contributed by atoms with Gasteiger partial charge in [-0.3, -0.25) is 4.98 Å². The number of fused-ring (bicyclic) bond motifs is 1. The molecule has 0 atom stereocenters. The van der Waals surface area contributed by atoms with Gasteiger partial charge in [0.2, 0.25) is 0 Å². The number of esters is 1. The average Bonchev–Trinajstić information content (AvgIpc) is 2.43. The van der Waals surface area contributed by atoms with E-state index in [0.29, 0.717) is 35.8 Å².